The summed E-state index contributed by atoms with van der Waals surface area (Å²) < 4.78 is 27.5. The van der Waals surface area contributed by atoms with Crippen molar-refractivity contribution in [2.24, 2.45) is 0 Å². The van der Waals surface area contributed by atoms with Crippen LogP contribution in [0.2, 0.25) is 0 Å². The largest absolute Gasteiger partial charge is 0.363 e. The number of carbonyl (C=O) groups excluding carboxylic acids is 1. The molecule has 1 saturated heterocycles. The van der Waals surface area contributed by atoms with E-state index in [2.05, 4.69) is 5.32 Å². The van der Waals surface area contributed by atoms with Gasteiger partial charge in [-0.25, -0.2) is 13.6 Å². The fraction of sp³-hybridized carbons (Fsp3) is 0.533. The van der Waals surface area contributed by atoms with Crippen LogP contribution in [0.25, 0.3) is 0 Å². The summed E-state index contributed by atoms with van der Waals surface area (Å²) in [5, 5.41) is 2.90. The molecule has 1 aromatic rings. The summed E-state index contributed by atoms with van der Waals surface area (Å²) in [6.07, 6.45) is 0.867. The number of para-hydroxylation sites is 1. The Balaban J connectivity index is 1.96. The fourth-order valence-corrected chi connectivity index (χ4v) is 2.33. The minimum Gasteiger partial charge on any atom is -0.363 e. The van der Waals surface area contributed by atoms with Gasteiger partial charge in [-0.1, -0.05) is 13.0 Å². The lowest BCUT2D eigenvalue weighted by atomic mass is 10.2. The number of nitrogens with one attached hydrogen (secondary N) is 1. The standard InChI is InChI=1S/C15H21F2N3O/c1-3-11(2)18-15(21)20-9-7-19(8-10-20)14-12(16)5-4-6-13(14)17/h4-6,11H,3,7-10H2,1-2H3,(H,18,21). The lowest BCUT2D eigenvalue weighted by Crippen LogP contribution is -2.53. The topological polar surface area (TPSA) is 35.6 Å². The third kappa shape index (κ3) is 3.62. The number of nitrogens with zero attached hydrogens (tertiary/aromatic N) is 2. The average Bonchev–Trinajstić information content (AvgIpc) is 2.47. The van der Waals surface area contributed by atoms with Crippen molar-refractivity contribution in [2.45, 2.75) is 26.3 Å². The van der Waals surface area contributed by atoms with Crippen molar-refractivity contribution < 1.29 is 13.6 Å². The maximum Gasteiger partial charge on any atom is 0.317 e. The molecule has 1 aliphatic rings. The SMILES string of the molecule is CCC(C)NC(=O)N1CCN(c2c(F)cccc2F)CC1. The van der Waals surface area contributed by atoms with Crippen LogP contribution in [-0.4, -0.2) is 43.2 Å². The van der Waals surface area contributed by atoms with Crippen LogP contribution in [-0.2, 0) is 0 Å². The Morgan fingerprint density at radius 1 is 1.24 bits per heavy atom. The molecule has 2 rings (SSSR count). The molecule has 1 fully saturated rings. The Kier molecular flexibility index (Phi) is 4.98. The average molecular weight is 297 g/mol. The predicted molar refractivity (Wildman–Crippen MR) is 78.4 cm³/mol. The molecule has 1 N–H and O–H groups in total. The maximum atomic E-state index is 13.7. The molecule has 0 spiro atoms. The van der Waals surface area contributed by atoms with E-state index in [-0.39, 0.29) is 17.8 Å². The van der Waals surface area contributed by atoms with Crippen LogP contribution in [0.5, 0.6) is 0 Å². The van der Waals surface area contributed by atoms with Crippen molar-refractivity contribution in [3.05, 3.63) is 29.8 Å². The molecule has 1 atom stereocenters. The second-order valence-corrected chi connectivity index (χ2v) is 5.30. The molecule has 21 heavy (non-hydrogen) atoms. The Bertz CT molecular complexity index is 481. The van der Waals surface area contributed by atoms with Gasteiger partial charge in [0.2, 0.25) is 0 Å². The van der Waals surface area contributed by atoms with Crippen LogP contribution >= 0.6 is 0 Å². The monoisotopic (exact) mass is 297 g/mol. The van der Waals surface area contributed by atoms with Gasteiger partial charge in [-0.2, -0.15) is 0 Å². The van der Waals surface area contributed by atoms with Crippen LogP contribution in [0.4, 0.5) is 19.3 Å². The summed E-state index contributed by atoms with van der Waals surface area (Å²) in [4.78, 5) is 15.3. The number of rotatable bonds is 3. The van der Waals surface area contributed by atoms with Crippen molar-refractivity contribution in [3.63, 3.8) is 0 Å². The van der Waals surface area contributed by atoms with Gasteiger partial charge in [0.25, 0.3) is 0 Å². The zero-order chi connectivity index (χ0) is 15.4. The third-order valence-electron chi connectivity index (χ3n) is 3.80. The first-order valence-corrected chi connectivity index (χ1v) is 7.27. The highest BCUT2D eigenvalue weighted by atomic mass is 19.1. The van der Waals surface area contributed by atoms with Gasteiger partial charge < -0.3 is 15.1 Å². The zero-order valence-corrected chi connectivity index (χ0v) is 12.4. The smallest absolute Gasteiger partial charge is 0.317 e. The Hall–Kier alpha value is -1.85. The van der Waals surface area contributed by atoms with E-state index in [0.717, 1.165) is 6.42 Å². The molecule has 0 aromatic heterocycles. The van der Waals surface area contributed by atoms with Crippen molar-refractivity contribution in [2.75, 3.05) is 31.1 Å². The summed E-state index contributed by atoms with van der Waals surface area (Å²) in [6.45, 7) is 5.70. The molecule has 4 nitrogen and oxygen atoms in total. The van der Waals surface area contributed by atoms with Gasteiger partial charge in [-0.05, 0) is 25.5 Å². The fourth-order valence-electron chi connectivity index (χ4n) is 2.33. The molecule has 1 unspecified atom stereocenters. The molecule has 0 saturated carbocycles. The molecule has 0 radical (unpaired) electrons. The summed E-state index contributed by atoms with van der Waals surface area (Å²) in [6, 6.07) is 3.86. The first-order valence-electron chi connectivity index (χ1n) is 7.27. The van der Waals surface area contributed by atoms with E-state index in [1.54, 1.807) is 9.80 Å². The molecule has 1 aromatic carbocycles. The number of hydrogen-bond acceptors (Lipinski definition) is 2. The zero-order valence-electron chi connectivity index (χ0n) is 12.4. The summed E-state index contributed by atoms with van der Waals surface area (Å²) in [5.41, 5.74) is -0.000477. The van der Waals surface area contributed by atoms with E-state index < -0.39 is 11.6 Å². The number of hydrogen-bond donors (Lipinski definition) is 1. The second kappa shape index (κ2) is 6.74. The highest BCUT2D eigenvalue weighted by Crippen LogP contribution is 2.24. The van der Waals surface area contributed by atoms with E-state index in [1.807, 2.05) is 13.8 Å². The van der Waals surface area contributed by atoms with Crippen molar-refractivity contribution >= 4 is 11.7 Å². The quantitative estimate of drug-likeness (QED) is 0.931. The van der Waals surface area contributed by atoms with Crippen LogP contribution in [0.1, 0.15) is 20.3 Å². The maximum absolute atomic E-state index is 13.7. The van der Waals surface area contributed by atoms with E-state index in [1.165, 1.54) is 18.2 Å². The number of halogens is 2. The molecule has 0 bridgehead atoms. The molecule has 2 amide bonds. The van der Waals surface area contributed by atoms with Gasteiger partial charge in [0, 0.05) is 32.2 Å². The minimum absolute atomic E-state index is 0.000477. The van der Waals surface area contributed by atoms with E-state index in [0.29, 0.717) is 26.2 Å². The number of urea groups is 1. The van der Waals surface area contributed by atoms with Crippen molar-refractivity contribution in [3.8, 4) is 0 Å². The first kappa shape index (κ1) is 15.5. The second-order valence-electron chi connectivity index (χ2n) is 5.30. The molecule has 0 aliphatic carbocycles. The van der Waals surface area contributed by atoms with Crippen molar-refractivity contribution in [1.82, 2.24) is 10.2 Å². The lowest BCUT2D eigenvalue weighted by molar-refractivity contribution is 0.190. The van der Waals surface area contributed by atoms with E-state index in [4.69, 9.17) is 0 Å². The molecular weight excluding hydrogens is 276 g/mol. The van der Waals surface area contributed by atoms with Gasteiger partial charge in [-0.15, -0.1) is 0 Å². The van der Waals surface area contributed by atoms with Gasteiger partial charge in [0.05, 0.1) is 0 Å². The van der Waals surface area contributed by atoms with E-state index >= 15 is 0 Å². The summed E-state index contributed by atoms with van der Waals surface area (Å²) in [5.74, 6) is -1.12. The normalized spacial score (nSPS) is 16.8. The predicted octanol–water partition coefficient (Wildman–Crippen LogP) is 2.59. The third-order valence-corrected chi connectivity index (χ3v) is 3.80. The number of amides is 2. The van der Waals surface area contributed by atoms with Crippen molar-refractivity contribution in [1.29, 1.82) is 0 Å². The van der Waals surface area contributed by atoms with Gasteiger partial charge in [0.15, 0.2) is 0 Å². The van der Waals surface area contributed by atoms with Crippen LogP contribution in [0, 0.1) is 11.6 Å². The number of carbonyl (C=O) groups is 1. The molecule has 1 aliphatic heterocycles. The van der Waals surface area contributed by atoms with Crippen LogP contribution < -0.4 is 10.2 Å². The molecule has 116 valence electrons. The van der Waals surface area contributed by atoms with Crippen LogP contribution in [0.3, 0.4) is 0 Å². The Morgan fingerprint density at radius 3 is 2.33 bits per heavy atom. The lowest BCUT2D eigenvalue weighted by Gasteiger charge is -2.36. The number of anilines is 1. The minimum atomic E-state index is -0.562. The highest BCUT2D eigenvalue weighted by Gasteiger charge is 2.25. The molecule has 6 heteroatoms. The molecule has 1 heterocycles. The first-order chi connectivity index (χ1) is 10.0. The van der Waals surface area contributed by atoms with Gasteiger partial charge >= 0.3 is 6.03 Å². The summed E-state index contributed by atoms with van der Waals surface area (Å²) >= 11 is 0. The summed E-state index contributed by atoms with van der Waals surface area (Å²) in [7, 11) is 0. The number of benzene rings is 1. The van der Waals surface area contributed by atoms with E-state index in [9.17, 15) is 13.6 Å². The highest BCUT2D eigenvalue weighted by molar-refractivity contribution is 5.74. The Morgan fingerprint density at radius 2 is 1.81 bits per heavy atom. The Labute approximate surface area is 123 Å². The molecular formula is C15H21F2N3O. The van der Waals surface area contributed by atoms with Gasteiger partial charge in [0.1, 0.15) is 17.3 Å². The number of piperazine rings is 1. The van der Waals surface area contributed by atoms with Gasteiger partial charge in [-0.3, -0.25) is 0 Å². The van der Waals surface area contributed by atoms with Crippen LogP contribution in [0.15, 0.2) is 18.2 Å².